The van der Waals surface area contributed by atoms with Crippen molar-refractivity contribution < 1.29 is 17.9 Å². The lowest BCUT2D eigenvalue weighted by Crippen LogP contribution is -2.49. The average molecular weight is 423 g/mol. The second kappa shape index (κ2) is 8.51. The van der Waals surface area contributed by atoms with Crippen molar-refractivity contribution in [3.8, 4) is 0 Å². The van der Waals surface area contributed by atoms with Gasteiger partial charge >= 0.3 is 0 Å². The third kappa shape index (κ3) is 4.32. The number of sulfonamides is 1. The summed E-state index contributed by atoms with van der Waals surface area (Å²) in [6.07, 6.45) is 2.55. The summed E-state index contributed by atoms with van der Waals surface area (Å²) in [6.45, 7) is 0.934. The van der Waals surface area contributed by atoms with Gasteiger partial charge in [0.05, 0.1) is 16.9 Å². The second-order valence-corrected chi connectivity index (χ2v) is 8.94. The number of halogens is 1. The van der Waals surface area contributed by atoms with Crippen molar-refractivity contribution in [3.63, 3.8) is 0 Å². The Kier molecular flexibility index (Phi) is 6.27. The zero-order valence-electron chi connectivity index (χ0n) is 15.6. The van der Waals surface area contributed by atoms with Crippen molar-refractivity contribution in [1.29, 1.82) is 0 Å². The molecule has 0 atom stereocenters. The van der Waals surface area contributed by atoms with Crippen LogP contribution >= 0.6 is 11.6 Å². The van der Waals surface area contributed by atoms with Gasteiger partial charge in [0, 0.05) is 24.4 Å². The summed E-state index contributed by atoms with van der Waals surface area (Å²) in [7, 11) is -2.11. The number of carbonyl (C=O) groups is 1. The first-order valence-electron chi connectivity index (χ1n) is 9.04. The SMILES string of the molecule is COCCNC(=O)C1(c2ccc(NS(=O)(=O)c3ccc(Cl)cc3)cc2)CCC1. The number of rotatable bonds is 8. The molecule has 28 heavy (non-hydrogen) atoms. The number of hydrogen-bond acceptors (Lipinski definition) is 4. The number of benzene rings is 2. The van der Waals surface area contributed by atoms with Gasteiger partial charge in [-0.05, 0) is 54.8 Å². The Hall–Kier alpha value is -2.09. The van der Waals surface area contributed by atoms with Gasteiger partial charge in [-0.25, -0.2) is 8.42 Å². The van der Waals surface area contributed by atoms with E-state index in [0.29, 0.717) is 23.9 Å². The molecular weight excluding hydrogens is 400 g/mol. The van der Waals surface area contributed by atoms with Crippen molar-refractivity contribution in [2.45, 2.75) is 29.6 Å². The van der Waals surface area contributed by atoms with Gasteiger partial charge in [0.1, 0.15) is 0 Å². The van der Waals surface area contributed by atoms with E-state index in [9.17, 15) is 13.2 Å². The fourth-order valence-corrected chi connectivity index (χ4v) is 4.48. The van der Waals surface area contributed by atoms with Crippen LogP contribution < -0.4 is 10.0 Å². The second-order valence-electron chi connectivity index (χ2n) is 6.82. The maximum absolute atomic E-state index is 12.7. The summed E-state index contributed by atoms with van der Waals surface area (Å²) in [5.74, 6) is -0.00899. The van der Waals surface area contributed by atoms with Gasteiger partial charge in [-0.15, -0.1) is 0 Å². The van der Waals surface area contributed by atoms with Crippen LogP contribution in [0.15, 0.2) is 53.4 Å². The van der Waals surface area contributed by atoms with Crippen LogP contribution in [0.2, 0.25) is 5.02 Å². The molecule has 0 aliphatic heterocycles. The van der Waals surface area contributed by atoms with E-state index in [1.807, 2.05) is 12.1 Å². The van der Waals surface area contributed by atoms with Crippen molar-refractivity contribution in [2.24, 2.45) is 0 Å². The van der Waals surface area contributed by atoms with Gasteiger partial charge < -0.3 is 10.1 Å². The Bertz CT molecular complexity index is 924. The van der Waals surface area contributed by atoms with E-state index in [-0.39, 0.29) is 10.8 Å². The first kappa shape index (κ1) is 20.6. The third-order valence-electron chi connectivity index (χ3n) is 5.05. The molecular formula is C20H23ClN2O4S. The summed E-state index contributed by atoms with van der Waals surface area (Å²) in [4.78, 5) is 12.8. The molecule has 0 saturated heterocycles. The van der Waals surface area contributed by atoms with Crippen molar-refractivity contribution in [2.75, 3.05) is 25.0 Å². The zero-order valence-corrected chi connectivity index (χ0v) is 17.1. The monoisotopic (exact) mass is 422 g/mol. The highest BCUT2D eigenvalue weighted by molar-refractivity contribution is 7.92. The third-order valence-corrected chi connectivity index (χ3v) is 6.70. The van der Waals surface area contributed by atoms with Gasteiger partial charge in [-0.3, -0.25) is 9.52 Å². The van der Waals surface area contributed by atoms with E-state index in [1.54, 1.807) is 19.2 Å². The predicted molar refractivity (Wildman–Crippen MR) is 109 cm³/mol. The van der Waals surface area contributed by atoms with Crippen molar-refractivity contribution >= 4 is 33.2 Å². The number of methoxy groups -OCH3 is 1. The van der Waals surface area contributed by atoms with Gasteiger partial charge in [-0.2, -0.15) is 0 Å². The van der Waals surface area contributed by atoms with Crippen molar-refractivity contribution in [3.05, 3.63) is 59.1 Å². The fraction of sp³-hybridized carbons (Fsp3) is 0.350. The van der Waals surface area contributed by atoms with E-state index in [4.69, 9.17) is 16.3 Å². The molecule has 2 aromatic carbocycles. The maximum Gasteiger partial charge on any atom is 0.261 e. The summed E-state index contributed by atoms with van der Waals surface area (Å²) in [6, 6.07) is 13.0. The molecule has 1 amide bonds. The standard InChI is InChI=1S/C20H23ClN2O4S/c1-27-14-13-22-19(24)20(11-2-12-20)15-3-7-17(8-4-15)23-28(25,26)18-9-5-16(21)6-10-18/h3-10,23H,2,11-14H2,1H3,(H,22,24). The van der Waals surface area contributed by atoms with E-state index < -0.39 is 15.4 Å². The lowest BCUT2D eigenvalue weighted by Gasteiger charge is -2.40. The van der Waals surface area contributed by atoms with Crippen LogP contribution in [-0.2, 0) is 25.0 Å². The molecule has 1 fully saturated rings. The number of carbonyl (C=O) groups excluding carboxylic acids is 1. The highest BCUT2D eigenvalue weighted by atomic mass is 35.5. The number of nitrogens with one attached hydrogen (secondary N) is 2. The summed E-state index contributed by atoms with van der Waals surface area (Å²) >= 11 is 5.81. The summed E-state index contributed by atoms with van der Waals surface area (Å²) in [5, 5.41) is 3.39. The average Bonchev–Trinajstić information content (AvgIpc) is 2.62. The first-order valence-corrected chi connectivity index (χ1v) is 10.9. The number of anilines is 1. The number of ether oxygens (including phenoxy) is 1. The molecule has 2 N–H and O–H groups in total. The van der Waals surface area contributed by atoms with Gasteiger partial charge in [0.2, 0.25) is 5.91 Å². The number of amides is 1. The van der Waals surface area contributed by atoms with Crippen LogP contribution in [0.4, 0.5) is 5.69 Å². The topological polar surface area (TPSA) is 84.5 Å². The quantitative estimate of drug-likeness (QED) is 0.639. The minimum atomic E-state index is -3.70. The van der Waals surface area contributed by atoms with Crippen LogP contribution in [0.1, 0.15) is 24.8 Å². The van der Waals surface area contributed by atoms with Crippen LogP contribution in [0.25, 0.3) is 0 Å². The Morgan fingerprint density at radius 3 is 2.29 bits per heavy atom. The highest BCUT2D eigenvalue weighted by Gasteiger charge is 2.45. The minimum Gasteiger partial charge on any atom is -0.383 e. The predicted octanol–water partition coefficient (Wildman–Crippen LogP) is 3.33. The Morgan fingerprint density at radius 1 is 1.11 bits per heavy atom. The van der Waals surface area contributed by atoms with Crippen LogP contribution in [0.3, 0.4) is 0 Å². The van der Waals surface area contributed by atoms with E-state index in [1.165, 1.54) is 24.3 Å². The molecule has 6 nitrogen and oxygen atoms in total. The maximum atomic E-state index is 12.7. The molecule has 2 aromatic rings. The molecule has 1 aliphatic carbocycles. The molecule has 1 saturated carbocycles. The molecule has 8 heteroatoms. The van der Waals surface area contributed by atoms with Gasteiger partial charge in [0.15, 0.2) is 0 Å². The fourth-order valence-electron chi connectivity index (χ4n) is 3.30. The largest absolute Gasteiger partial charge is 0.383 e. The Labute approximate surface area is 170 Å². The summed E-state index contributed by atoms with van der Waals surface area (Å²) < 4.78 is 32.5. The van der Waals surface area contributed by atoms with Crippen molar-refractivity contribution in [1.82, 2.24) is 5.32 Å². The van der Waals surface area contributed by atoms with Crippen LogP contribution in [0.5, 0.6) is 0 Å². The first-order chi connectivity index (χ1) is 13.4. The molecule has 1 aliphatic rings. The smallest absolute Gasteiger partial charge is 0.261 e. The van der Waals surface area contributed by atoms with E-state index in [2.05, 4.69) is 10.0 Å². The normalized spacial score (nSPS) is 15.5. The molecule has 0 radical (unpaired) electrons. The zero-order chi connectivity index (χ0) is 20.2. The van der Waals surface area contributed by atoms with E-state index in [0.717, 1.165) is 24.8 Å². The van der Waals surface area contributed by atoms with Gasteiger partial charge in [0.25, 0.3) is 10.0 Å². The lowest BCUT2D eigenvalue weighted by atomic mass is 9.64. The molecule has 0 spiro atoms. The molecule has 3 rings (SSSR count). The molecule has 150 valence electrons. The molecule has 0 heterocycles. The van der Waals surface area contributed by atoms with Crippen LogP contribution in [0, 0.1) is 0 Å². The molecule has 0 aromatic heterocycles. The van der Waals surface area contributed by atoms with Crippen LogP contribution in [-0.4, -0.2) is 34.6 Å². The highest BCUT2D eigenvalue weighted by Crippen LogP contribution is 2.44. The van der Waals surface area contributed by atoms with E-state index >= 15 is 0 Å². The lowest BCUT2D eigenvalue weighted by molar-refractivity contribution is -0.130. The Balaban J connectivity index is 1.74. The van der Waals surface area contributed by atoms with Gasteiger partial charge in [-0.1, -0.05) is 30.2 Å². The Morgan fingerprint density at radius 2 is 1.75 bits per heavy atom. The summed E-state index contributed by atoms with van der Waals surface area (Å²) in [5.41, 5.74) is 0.789. The minimum absolute atomic E-state index is 0.00899. The molecule has 0 bridgehead atoms. The molecule has 0 unspecified atom stereocenters. The number of hydrogen-bond donors (Lipinski definition) is 2.